The fourth-order valence-corrected chi connectivity index (χ4v) is 2.07. The Hall–Kier alpha value is -1.32. The lowest BCUT2D eigenvalue weighted by Gasteiger charge is -2.09. The van der Waals surface area contributed by atoms with E-state index >= 15 is 0 Å². The first-order chi connectivity index (χ1) is 8.70. The standard InChI is InChI=1S/C14H18ClN3/c1-3-7-16-10-11-4-5-12(15)9-13(11)14-6-8-18(2)17-14/h4-6,8-9,16H,3,7,10H2,1-2H3. The van der Waals surface area contributed by atoms with Crippen LogP contribution in [0.5, 0.6) is 0 Å². The lowest BCUT2D eigenvalue weighted by atomic mass is 10.0. The number of halogens is 1. The van der Waals surface area contributed by atoms with E-state index in [0.29, 0.717) is 0 Å². The molecule has 1 heterocycles. The Balaban J connectivity index is 2.29. The Bertz CT molecular complexity index is 520. The molecule has 0 spiro atoms. The Kier molecular flexibility index (Phi) is 4.39. The fraction of sp³-hybridized carbons (Fsp3) is 0.357. The first-order valence-electron chi connectivity index (χ1n) is 6.20. The Labute approximate surface area is 113 Å². The number of rotatable bonds is 5. The van der Waals surface area contributed by atoms with Gasteiger partial charge in [0.25, 0.3) is 0 Å². The number of hydrogen-bond acceptors (Lipinski definition) is 2. The van der Waals surface area contributed by atoms with E-state index in [0.717, 1.165) is 35.8 Å². The zero-order valence-corrected chi connectivity index (χ0v) is 11.5. The van der Waals surface area contributed by atoms with Crippen LogP contribution in [0, 0.1) is 0 Å². The van der Waals surface area contributed by atoms with Gasteiger partial charge in [-0.3, -0.25) is 4.68 Å². The van der Waals surface area contributed by atoms with Crippen LogP contribution in [0.3, 0.4) is 0 Å². The van der Waals surface area contributed by atoms with Crippen molar-refractivity contribution in [2.45, 2.75) is 19.9 Å². The molecular formula is C14H18ClN3. The Morgan fingerprint density at radius 3 is 2.83 bits per heavy atom. The minimum Gasteiger partial charge on any atom is -0.313 e. The molecule has 0 saturated heterocycles. The molecule has 0 amide bonds. The van der Waals surface area contributed by atoms with Crippen LogP contribution in [0.4, 0.5) is 0 Å². The fourth-order valence-electron chi connectivity index (χ4n) is 1.90. The Morgan fingerprint density at radius 1 is 1.33 bits per heavy atom. The predicted octanol–water partition coefficient (Wildman–Crippen LogP) is 3.24. The summed E-state index contributed by atoms with van der Waals surface area (Å²) in [7, 11) is 1.92. The second kappa shape index (κ2) is 6.03. The van der Waals surface area contributed by atoms with Crippen molar-refractivity contribution in [1.82, 2.24) is 15.1 Å². The smallest absolute Gasteiger partial charge is 0.0926 e. The second-order valence-corrected chi connectivity index (χ2v) is 4.79. The van der Waals surface area contributed by atoms with E-state index < -0.39 is 0 Å². The van der Waals surface area contributed by atoms with E-state index in [1.165, 1.54) is 5.56 Å². The van der Waals surface area contributed by atoms with Gasteiger partial charge in [-0.15, -0.1) is 0 Å². The van der Waals surface area contributed by atoms with Gasteiger partial charge >= 0.3 is 0 Å². The molecule has 4 heteroatoms. The van der Waals surface area contributed by atoms with Crippen molar-refractivity contribution in [3.8, 4) is 11.3 Å². The molecule has 0 unspecified atom stereocenters. The topological polar surface area (TPSA) is 29.9 Å². The van der Waals surface area contributed by atoms with Crippen molar-refractivity contribution < 1.29 is 0 Å². The lowest BCUT2D eigenvalue weighted by Crippen LogP contribution is -2.14. The first kappa shape index (κ1) is 13.1. The highest BCUT2D eigenvalue weighted by Crippen LogP contribution is 2.25. The summed E-state index contributed by atoms with van der Waals surface area (Å²) in [6, 6.07) is 7.98. The number of nitrogens with zero attached hydrogens (tertiary/aromatic N) is 2. The molecule has 2 aromatic rings. The third-order valence-electron chi connectivity index (χ3n) is 2.80. The largest absolute Gasteiger partial charge is 0.313 e. The van der Waals surface area contributed by atoms with Gasteiger partial charge in [0.15, 0.2) is 0 Å². The molecule has 0 bridgehead atoms. The number of aromatic nitrogens is 2. The van der Waals surface area contributed by atoms with Gasteiger partial charge in [-0.25, -0.2) is 0 Å². The van der Waals surface area contributed by atoms with Crippen molar-refractivity contribution in [1.29, 1.82) is 0 Å². The number of hydrogen-bond donors (Lipinski definition) is 1. The molecule has 0 radical (unpaired) electrons. The van der Waals surface area contributed by atoms with Crippen molar-refractivity contribution in [3.63, 3.8) is 0 Å². The van der Waals surface area contributed by atoms with E-state index in [-0.39, 0.29) is 0 Å². The van der Waals surface area contributed by atoms with Crippen LogP contribution in [-0.4, -0.2) is 16.3 Å². The molecule has 0 fully saturated rings. The maximum Gasteiger partial charge on any atom is 0.0926 e. The van der Waals surface area contributed by atoms with Gasteiger partial charge in [0.2, 0.25) is 0 Å². The van der Waals surface area contributed by atoms with E-state index in [2.05, 4.69) is 23.4 Å². The highest BCUT2D eigenvalue weighted by molar-refractivity contribution is 6.30. The van der Waals surface area contributed by atoms with E-state index in [4.69, 9.17) is 11.6 Å². The number of nitrogens with one attached hydrogen (secondary N) is 1. The van der Waals surface area contributed by atoms with Crippen molar-refractivity contribution in [2.24, 2.45) is 7.05 Å². The first-order valence-corrected chi connectivity index (χ1v) is 6.57. The Morgan fingerprint density at radius 2 is 2.17 bits per heavy atom. The SMILES string of the molecule is CCCNCc1ccc(Cl)cc1-c1ccn(C)n1. The molecule has 0 aliphatic heterocycles. The van der Waals surface area contributed by atoms with Crippen LogP contribution in [0.1, 0.15) is 18.9 Å². The molecule has 0 atom stereocenters. The molecule has 0 aliphatic carbocycles. The monoisotopic (exact) mass is 263 g/mol. The van der Waals surface area contributed by atoms with Crippen LogP contribution >= 0.6 is 11.6 Å². The van der Waals surface area contributed by atoms with Crippen LogP contribution in [0.2, 0.25) is 5.02 Å². The van der Waals surface area contributed by atoms with Crippen molar-refractivity contribution >= 4 is 11.6 Å². The van der Waals surface area contributed by atoms with Gasteiger partial charge in [-0.2, -0.15) is 5.10 Å². The molecule has 0 aliphatic rings. The maximum absolute atomic E-state index is 6.08. The molecule has 2 rings (SSSR count). The minimum absolute atomic E-state index is 0.745. The summed E-state index contributed by atoms with van der Waals surface area (Å²) in [6.45, 7) is 4.02. The van der Waals surface area contributed by atoms with Crippen molar-refractivity contribution in [3.05, 3.63) is 41.0 Å². The highest BCUT2D eigenvalue weighted by Gasteiger charge is 2.08. The van der Waals surface area contributed by atoms with Gasteiger partial charge in [0.05, 0.1) is 5.69 Å². The summed E-state index contributed by atoms with van der Waals surface area (Å²) >= 11 is 6.08. The molecule has 0 saturated carbocycles. The van der Waals surface area contributed by atoms with Gasteiger partial charge in [-0.1, -0.05) is 24.6 Å². The van der Waals surface area contributed by atoms with Crippen LogP contribution in [0.25, 0.3) is 11.3 Å². The summed E-state index contributed by atoms with van der Waals surface area (Å²) in [6.07, 6.45) is 3.08. The average molecular weight is 264 g/mol. The van der Waals surface area contributed by atoms with E-state index in [1.807, 2.05) is 31.4 Å². The number of benzene rings is 1. The third kappa shape index (κ3) is 3.12. The second-order valence-electron chi connectivity index (χ2n) is 4.35. The van der Waals surface area contributed by atoms with Gasteiger partial charge in [0, 0.05) is 30.4 Å². The normalized spacial score (nSPS) is 10.8. The molecular weight excluding hydrogens is 246 g/mol. The van der Waals surface area contributed by atoms with Crippen LogP contribution in [0.15, 0.2) is 30.5 Å². The quantitative estimate of drug-likeness (QED) is 0.840. The van der Waals surface area contributed by atoms with Gasteiger partial charge in [0.1, 0.15) is 0 Å². The minimum atomic E-state index is 0.745. The summed E-state index contributed by atoms with van der Waals surface area (Å²) in [5.74, 6) is 0. The summed E-state index contributed by atoms with van der Waals surface area (Å²) < 4.78 is 1.81. The molecule has 96 valence electrons. The summed E-state index contributed by atoms with van der Waals surface area (Å²) in [4.78, 5) is 0. The molecule has 1 aromatic heterocycles. The maximum atomic E-state index is 6.08. The average Bonchev–Trinajstić information content (AvgIpc) is 2.78. The lowest BCUT2D eigenvalue weighted by molar-refractivity contribution is 0.676. The third-order valence-corrected chi connectivity index (χ3v) is 3.04. The summed E-state index contributed by atoms with van der Waals surface area (Å²) in [5, 5.41) is 8.60. The molecule has 3 nitrogen and oxygen atoms in total. The van der Waals surface area contributed by atoms with Crippen molar-refractivity contribution in [2.75, 3.05) is 6.54 Å². The highest BCUT2D eigenvalue weighted by atomic mass is 35.5. The van der Waals surface area contributed by atoms with Gasteiger partial charge < -0.3 is 5.32 Å². The number of aryl methyl sites for hydroxylation is 1. The van der Waals surface area contributed by atoms with Crippen LogP contribution in [-0.2, 0) is 13.6 Å². The van der Waals surface area contributed by atoms with Gasteiger partial charge in [-0.05, 0) is 36.7 Å². The predicted molar refractivity (Wildman–Crippen MR) is 75.7 cm³/mol. The molecule has 1 N–H and O–H groups in total. The van der Waals surface area contributed by atoms with Crippen LogP contribution < -0.4 is 5.32 Å². The zero-order chi connectivity index (χ0) is 13.0. The molecule has 1 aromatic carbocycles. The van der Waals surface area contributed by atoms with E-state index in [9.17, 15) is 0 Å². The molecule has 18 heavy (non-hydrogen) atoms. The zero-order valence-electron chi connectivity index (χ0n) is 10.8. The summed E-state index contributed by atoms with van der Waals surface area (Å²) in [5.41, 5.74) is 3.30. The van der Waals surface area contributed by atoms with E-state index in [1.54, 1.807) is 4.68 Å².